The third kappa shape index (κ3) is 44.8. The van der Waals surface area contributed by atoms with Crippen LogP contribution in [0.2, 0.25) is 0 Å². The van der Waals surface area contributed by atoms with Crippen molar-refractivity contribution in [3.05, 3.63) is 38.4 Å². The topological polar surface area (TPSA) is 9.23 Å². The van der Waals surface area contributed by atoms with E-state index in [1.165, 1.54) is 6.26 Å². The van der Waals surface area contributed by atoms with E-state index < -0.39 is 0 Å². The van der Waals surface area contributed by atoms with E-state index >= 15 is 0 Å². The number of hydrogen-bond acceptors (Lipinski definition) is 1. The highest BCUT2D eigenvalue weighted by atomic mass is 19.1. The summed E-state index contributed by atoms with van der Waals surface area (Å²) >= 11 is 0. The molecular formula is C7H11FO. The van der Waals surface area contributed by atoms with Gasteiger partial charge in [0.25, 0.3) is 0 Å². The fourth-order valence-electron chi connectivity index (χ4n) is 0.136. The lowest BCUT2D eigenvalue weighted by atomic mass is 10.7. The summed E-state index contributed by atoms with van der Waals surface area (Å²) in [6.07, 6.45) is 3.31. The van der Waals surface area contributed by atoms with Crippen LogP contribution in [0.4, 0.5) is 4.39 Å². The lowest BCUT2D eigenvalue weighted by molar-refractivity contribution is 0.291. The summed E-state index contributed by atoms with van der Waals surface area (Å²) < 4.78 is 14.7. The van der Waals surface area contributed by atoms with E-state index in [1.807, 2.05) is 0 Å². The average Bonchev–Trinajstić information content (AvgIpc) is 1.86. The Morgan fingerprint density at radius 3 is 1.89 bits per heavy atom. The highest BCUT2D eigenvalue weighted by Gasteiger charge is 1.61. The van der Waals surface area contributed by atoms with Crippen LogP contribution in [-0.2, 0) is 4.74 Å². The molecule has 9 heavy (non-hydrogen) atoms. The summed E-state index contributed by atoms with van der Waals surface area (Å²) in [6.45, 7) is 10.0. The van der Waals surface area contributed by atoms with Crippen LogP contribution in [0.1, 0.15) is 0 Å². The van der Waals surface area contributed by atoms with Gasteiger partial charge in [0.15, 0.2) is 0 Å². The predicted molar refractivity (Wildman–Crippen MR) is 37.7 cm³/mol. The molecule has 0 amide bonds. The number of halogens is 1. The van der Waals surface area contributed by atoms with Crippen LogP contribution >= 0.6 is 0 Å². The molecule has 0 aromatic rings. The number of ether oxygens (including phenoxy) is 1. The third-order valence-corrected chi connectivity index (χ3v) is 0.332. The lowest BCUT2D eigenvalue weighted by Crippen LogP contribution is -1.75. The number of rotatable bonds is 3. The molecule has 0 bridgehead atoms. The van der Waals surface area contributed by atoms with E-state index in [4.69, 9.17) is 0 Å². The van der Waals surface area contributed by atoms with E-state index in [1.54, 1.807) is 6.08 Å². The quantitative estimate of drug-likeness (QED) is 0.324. The second kappa shape index (κ2) is 15.8. The first kappa shape index (κ1) is 10.8. The fraction of sp³-hybridized carbons (Fsp3) is 0.143. The van der Waals surface area contributed by atoms with Crippen molar-refractivity contribution >= 4 is 0 Å². The van der Waals surface area contributed by atoms with Crippen LogP contribution in [-0.4, -0.2) is 6.61 Å². The zero-order valence-corrected chi connectivity index (χ0v) is 5.35. The van der Waals surface area contributed by atoms with Gasteiger partial charge in [0.1, 0.15) is 6.61 Å². The molecule has 0 aliphatic carbocycles. The van der Waals surface area contributed by atoms with Gasteiger partial charge in [-0.15, -0.1) is 0 Å². The molecule has 0 spiro atoms. The number of hydrogen-bond donors (Lipinski definition) is 0. The third-order valence-electron chi connectivity index (χ3n) is 0.332. The van der Waals surface area contributed by atoms with Crippen molar-refractivity contribution in [2.45, 2.75) is 0 Å². The maximum atomic E-state index is 10.1. The molecule has 0 N–H and O–H groups in total. The molecule has 0 saturated carbocycles. The van der Waals surface area contributed by atoms with Gasteiger partial charge in [-0.25, -0.2) is 4.39 Å². The first-order valence-electron chi connectivity index (χ1n) is 2.38. The van der Waals surface area contributed by atoms with E-state index in [9.17, 15) is 4.39 Å². The molecule has 1 nitrogen and oxygen atoms in total. The van der Waals surface area contributed by atoms with Gasteiger partial charge in [-0.05, 0) is 0 Å². The summed E-state index contributed by atoms with van der Waals surface area (Å²) in [7, 11) is 0. The predicted octanol–water partition coefficient (Wildman–Crippen LogP) is 2.43. The standard InChI is InChI=1S/C5H8O.C2H3F/c1-3-5-6-4-2;1-2-3/h3-4H,1-2,5H2;2H,1H2. The highest BCUT2D eigenvalue weighted by Crippen LogP contribution is 1.69. The monoisotopic (exact) mass is 130 g/mol. The molecular weight excluding hydrogens is 119 g/mol. The van der Waals surface area contributed by atoms with Crippen LogP contribution in [0.3, 0.4) is 0 Å². The Labute approximate surface area is 55.1 Å². The molecule has 2 heteroatoms. The van der Waals surface area contributed by atoms with Crippen molar-refractivity contribution in [2.24, 2.45) is 0 Å². The van der Waals surface area contributed by atoms with Gasteiger partial charge >= 0.3 is 0 Å². The van der Waals surface area contributed by atoms with Crippen LogP contribution in [0.15, 0.2) is 38.4 Å². The fourth-order valence-corrected chi connectivity index (χ4v) is 0.136. The molecule has 52 valence electrons. The Balaban J connectivity index is 0. The van der Waals surface area contributed by atoms with Gasteiger partial charge in [-0.3, -0.25) is 0 Å². The van der Waals surface area contributed by atoms with Gasteiger partial charge in [0.2, 0.25) is 0 Å². The summed E-state index contributed by atoms with van der Waals surface area (Å²) in [5.74, 6) is 0. The summed E-state index contributed by atoms with van der Waals surface area (Å²) in [5, 5.41) is 0. The Morgan fingerprint density at radius 1 is 1.33 bits per heavy atom. The zero-order chi connectivity index (χ0) is 7.54. The second-order valence-corrected chi connectivity index (χ2v) is 0.943. The highest BCUT2D eigenvalue weighted by molar-refractivity contribution is 4.65. The van der Waals surface area contributed by atoms with Gasteiger partial charge in [0, 0.05) is 0 Å². The Morgan fingerprint density at radius 2 is 1.78 bits per heavy atom. The van der Waals surface area contributed by atoms with Crippen molar-refractivity contribution in [3.63, 3.8) is 0 Å². The maximum Gasteiger partial charge on any atom is 0.105 e. The zero-order valence-electron chi connectivity index (χ0n) is 5.35. The van der Waals surface area contributed by atoms with Crippen molar-refractivity contribution in [1.29, 1.82) is 0 Å². The Bertz CT molecular complexity index is 71.0. The second-order valence-electron chi connectivity index (χ2n) is 0.943. The molecule has 0 aliphatic rings. The van der Waals surface area contributed by atoms with Crippen LogP contribution in [0.25, 0.3) is 0 Å². The summed E-state index contributed by atoms with van der Waals surface area (Å²) in [6, 6.07) is 0. The molecule has 0 radical (unpaired) electrons. The minimum atomic E-state index is 0.250. The van der Waals surface area contributed by atoms with Gasteiger partial charge < -0.3 is 4.74 Å². The average molecular weight is 130 g/mol. The minimum absolute atomic E-state index is 0.250. The van der Waals surface area contributed by atoms with Gasteiger partial charge in [-0.2, -0.15) is 0 Å². The Hall–Kier alpha value is -1.05. The molecule has 0 aromatic carbocycles. The smallest absolute Gasteiger partial charge is 0.105 e. The molecule has 0 atom stereocenters. The Kier molecular flexibility index (Phi) is 19.0. The molecule has 0 rings (SSSR count). The largest absolute Gasteiger partial charge is 0.498 e. The molecule has 0 aliphatic heterocycles. The molecule has 0 saturated heterocycles. The lowest BCUT2D eigenvalue weighted by Gasteiger charge is -1.86. The first-order valence-corrected chi connectivity index (χ1v) is 2.38. The van der Waals surface area contributed by atoms with Gasteiger partial charge in [-0.1, -0.05) is 25.8 Å². The maximum absolute atomic E-state index is 10.1. The van der Waals surface area contributed by atoms with Crippen LogP contribution < -0.4 is 0 Å². The van der Waals surface area contributed by atoms with Crippen molar-refractivity contribution in [3.8, 4) is 0 Å². The van der Waals surface area contributed by atoms with Crippen molar-refractivity contribution in [2.75, 3.05) is 6.61 Å². The van der Waals surface area contributed by atoms with Crippen LogP contribution in [0, 0.1) is 0 Å². The summed E-state index contributed by atoms with van der Waals surface area (Å²) in [4.78, 5) is 0. The van der Waals surface area contributed by atoms with Crippen molar-refractivity contribution in [1.82, 2.24) is 0 Å². The van der Waals surface area contributed by atoms with E-state index in [-0.39, 0.29) is 6.33 Å². The summed E-state index contributed by atoms with van der Waals surface area (Å²) in [5.41, 5.74) is 0. The first-order chi connectivity index (χ1) is 4.33. The molecule has 0 fully saturated rings. The SMILES string of the molecule is C=CCOC=C.C=CF. The van der Waals surface area contributed by atoms with E-state index in [2.05, 4.69) is 24.5 Å². The molecule has 0 aromatic heterocycles. The minimum Gasteiger partial charge on any atom is -0.498 e. The normalized spacial score (nSPS) is 5.89. The molecule has 0 heterocycles. The van der Waals surface area contributed by atoms with Crippen LogP contribution in [0.5, 0.6) is 0 Å². The van der Waals surface area contributed by atoms with Gasteiger partial charge in [0.05, 0.1) is 12.6 Å². The van der Waals surface area contributed by atoms with E-state index in [0.29, 0.717) is 6.61 Å². The van der Waals surface area contributed by atoms with Crippen molar-refractivity contribution < 1.29 is 9.13 Å². The van der Waals surface area contributed by atoms with E-state index in [0.717, 1.165) is 0 Å². The molecule has 0 unspecified atom stereocenters.